The lowest BCUT2D eigenvalue weighted by molar-refractivity contribution is 0.287. The van der Waals surface area contributed by atoms with E-state index in [1.54, 1.807) is 12.1 Å². The Bertz CT molecular complexity index is 371. The SMILES string of the molecule is CCCN(CC)CCNCc1cccc(OC)c1F. The van der Waals surface area contributed by atoms with Crippen LogP contribution in [0.1, 0.15) is 25.8 Å². The van der Waals surface area contributed by atoms with Gasteiger partial charge in [0, 0.05) is 25.2 Å². The van der Waals surface area contributed by atoms with Crippen molar-refractivity contribution in [1.29, 1.82) is 0 Å². The summed E-state index contributed by atoms with van der Waals surface area (Å²) in [7, 11) is 1.49. The molecule has 1 N–H and O–H groups in total. The summed E-state index contributed by atoms with van der Waals surface area (Å²) < 4.78 is 18.8. The molecule has 0 saturated carbocycles. The van der Waals surface area contributed by atoms with Crippen molar-refractivity contribution in [1.82, 2.24) is 10.2 Å². The van der Waals surface area contributed by atoms with E-state index in [1.807, 2.05) is 6.07 Å². The highest BCUT2D eigenvalue weighted by Gasteiger charge is 2.07. The Morgan fingerprint density at radius 1 is 1.26 bits per heavy atom. The minimum absolute atomic E-state index is 0.265. The number of halogens is 1. The number of methoxy groups -OCH3 is 1. The number of likely N-dealkylation sites (N-methyl/N-ethyl adjacent to an activating group) is 1. The van der Waals surface area contributed by atoms with Crippen LogP contribution in [0.25, 0.3) is 0 Å². The average molecular weight is 268 g/mol. The molecule has 0 unspecified atom stereocenters. The maximum Gasteiger partial charge on any atom is 0.169 e. The average Bonchev–Trinajstić information content (AvgIpc) is 2.43. The van der Waals surface area contributed by atoms with Gasteiger partial charge in [-0.25, -0.2) is 4.39 Å². The summed E-state index contributed by atoms with van der Waals surface area (Å²) in [6.07, 6.45) is 1.17. The van der Waals surface area contributed by atoms with E-state index >= 15 is 0 Å². The number of hydrogen-bond donors (Lipinski definition) is 1. The molecule has 19 heavy (non-hydrogen) atoms. The topological polar surface area (TPSA) is 24.5 Å². The normalized spacial score (nSPS) is 11.0. The van der Waals surface area contributed by atoms with E-state index in [9.17, 15) is 4.39 Å². The zero-order valence-corrected chi connectivity index (χ0v) is 12.2. The summed E-state index contributed by atoms with van der Waals surface area (Å²) in [6, 6.07) is 5.24. The predicted octanol–water partition coefficient (Wildman–Crippen LogP) is 2.66. The highest BCUT2D eigenvalue weighted by Crippen LogP contribution is 2.19. The summed E-state index contributed by atoms with van der Waals surface area (Å²) in [6.45, 7) is 8.92. The van der Waals surface area contributed by atoms with E-state index in [4.69, 9.17) is 4.74 Å². The molecule has 1 rings (SSSR count). The summed E-state index contributed by atoms with van der Waals surface area (Å²) in [5.41, 5.74) is 0.651. The maximum atomic E-state index is 13.9. The molecule has 0 bridgehead atoms. The zero-order chi connectivity index (χ0) is 14.1. The minimum Gasteiger partial charge on any atom is -0.494 e. The highest BCUT2D eigenvalue weighted by molar-refractivity contribution is 5.30. The maximum absolute atomic E-state index is 13.9. The molecule has 108 valence electrons. The quantitative estimate of drug-likeness (QED) is 0.697. The van der Waals surface area contributed by atoms with Crippen LogP contribution < -0.4 is 10.1 Å². The first-order valence-corrected chi connectivity index (χ1v) is 6.97. The Hall–Kier alpha value is -1.13. The van der Waals surface area contributed by atoms with Gasteiger partial charge in [0.2, 0.25) is 0 Å². The third-order valence-electron chi connectivity index (χ3n) is 3.17. The van der Waals surface area contributed by atoms with Crippen molar-refractivity contribution in [2.75, 3.05) is 33.3 Å². The van der Waals surface area contributed by atoms with Gasteiger partial charge in [-0.1, -0.05) is 26.0 Å². The van der Waals surface area contributed by atoms with Crippen LogP contribution in [0, 0.1) is 5.82 Å². The second kappa shape index (κ2) is 8.88. The summed E-state index contributed by atoms with van der Waals surface area (Å²) in [5.74, 6) is 0.0406. The van der Waals surface area contributed by atoms with Gasteiger partial charge in [-0.05, 0) is 25.6 Å². The Morgan fingerprint density at radius 2 is 2.05 bits per heavy atom. The van der Waals surface area contributed by atoms with E-state index in [0.29, 0.717) is 17.9 Å². The molecule has 0 fully saturated rings. The number of rotatable bonds is 9. The van der Waals surface area contributed by atoms with Crippen LogP contribution >= 0.6 is 0 Å². The van der Waals surface area contributed by atoms with Crippen LogP contribution in [-0.2, 0) is 6.54 Å². The van der Waals surface area contributed by atoms with Crippen molar-refractivity contribution >= 4 is 0 Å². The molecule has 4 heteroatoms. The Labute approximate surface area is 115 Å². The molecule has 1 aromatic rings. The second-order valence-corrected chi connectivity index (χ2v) is 4.54. The molecule has 0 heterocycles. The predicted molar refractivity (Wildman–Crippen MR) is 77.1 cm³/mol. The molecule has 0 aromatic heterocycles. The molecular weight excluding hydrogens is 243 g/mol. The van der Waals surface area contributed by atoms with Crippen LogP contribution in [0.15, 0.2) is 18.2 Å². The molecule has 0 radical (unpaired) electrons. The fourth-order valence-corrected chi connectivity index (χ4v) is 2.05. The van der Waals surface area contributed by atoms with Crippen molar-refractivity contribution in [2.45, 2.75) is 26.8 Å². The smallest absolute Gasteiger partial charge is 0.169 e. The number of nitrogens with one attached hydrogen (secondary N) is 1. The van der Waals surface area contributed by atoms with Gasteiger partial charge in [0.05, 0.1) is 7.11 Å². The molecule has 0 spiro atoms. The van der Waals surface area contributed by atoms with Gasteiger partial charge in [0.15, 0.2) is 11.6 Å². The number of hydrogen-bond acceptors (Lipinski definition) is 3. The first kappa shape index (κ1) is 15.9. The second-order valence-electron chi connectivity index (χ2n) is 4.54. The monoisotopic (exact) mass is 268 g/mol. The van der Waals surface area contributed by atoms with Gasteiger partial charge < -0.3 is 15.0 Å². The van der Waals surface area contributed by atoms with Crippen LogP contribution in [0.5, 0.6) is 5.75 Å². The summed E-state index contributed by atoms with van der Waals surface area (Å²) in [4.78, 5) is 2.38. The van der Waals surface area contributed by atoms with Crippen molar-refractivity contribution in [3.8, 4) is 5.75 Å². The first-order chi connectivity index (χ1) is 9.22. The van der Waals surface area contributed by atoms with Crippen molar-refractivity contribution in [3.05, 3.63) is 29.6 Å². The van der Waals surface area contributed by atoms with Gasteiger partial charge in [0.1, 0.15) is 0 Å². The summed E-state index contributed by atoms with van der Waals surface area (Å²) in [5, 5.41) is 3.28. The molecule has 0 aliphatic rings. The standard InChI is InChI=1S/C15H25FN2O/c1-4-10-18(5-2)11-9-17-12-13-7-6-8-14(19-3)15(13)16/h6-8,17H,4-5,9-12H2,1-3H3. The van der Waals surface area contributed by atoms with Crippen molar-refractivity contribution < 1.29 is 9.13 Å². The molecule has 0 amide bonds. The lowest BCUT2D eigenvalue weighted by Gasteiger charge is -2.19. The van der Waals surface area contributed by atoms with E-state index in [-0.39, 0.29) is 5.82 Å². The third kappa shape index (κ3) is 5.17. The molecule has 0 aliphatic carbocycles. The number of nitrogens with zero attached hydrogens (tertiary/aromatic N) is 1. The Balaban J connectivity index is 2.37. The van der Waals surface area contributed by atoms with Gasteiger partial charge in [-0.15, -0.1) is 0 Å². The van der Waals surface area contributed by atoms with E-state index < -0.39 is 0 Å². The van der Waals surface area contributed by atoms with Crippen molar-refractivity contribution in [3.63, 3.8) is 0 Å². The highest BCUT2D eigenvalue weighted by atomic mass is 19.1. The molecule has 0 atom stereocenters. The molecule has 0 saturated heterocycles. The van der Waals surface area contributed by atoms with E-state index in [2.05, 4.69) is 24.1 Å². The van der Waals surface area contributed by atoms with Crippen LogP contribution in [0.3, 0.4) is 0 Å². The van der Waals surface area contributed by atoms with Crippen molar-refractivity contribution in [2.24, 2.45) is 0 Å². The molecule has 1 aromatic carbocycles. The van der Waals surface area contributed by atoms with Gasteiger partial charge in [0.25, 0.3) is 0 Å². The molecular formula is C15H25FN2O. The van der Waals surface area contributed by atoms with Crippen LogP contribution in [0.4, 0.5) is 4.39 Å². The lowest BCUT2D eigenvalue weighted by atomic mass is 10.2. The van der Waals surface area contributed by atoms with E-state index in [0.717, 1.165) is 26.2 Å². The zero-order valence-electron chi connectivity index (χ0n) is 12.2. The largest absolute Gasteiger partial charge is 0.494 e. The fraction of sp³-hybridized carbons (Fsp3) is 0.600. The number of benzene rings is 1. The lowest BCUT2D eigenvalue weighted by Crippen LogP contribution is -2.32. The van der Waals surface area contributed by atoms with Crippen LogP contribution in [-0.4, -0.2) is 38.2 Å². The molecule has 3 nitrogen and oxygen atoms in total. The van der Waals surface area contributed by atoms with E-state index in [1.165, 1.54) is 13.5 Å². The minimum atomic E-state index is -0.265. The van der Waals surface area contributed by atoms with Crippen LogP contribution in [0.2, 0.25) is 0 Å². The third-order valence-corrected chi connectivity index (χ3v) is 3.17. The first-order valence-electron chi connectivity index (χ1n) is 6.97. The number of ether oxygens (including phenoxy) is 1. The Morgan fingerprint density at radius 3 is 2.68 bits per heavy atom. The van der Waals surface area contributed by atoms with Gasteiger partial charge in [-0.3, -0.25) is 0 Å². The van der Waals surface area contributed by atoms with Gasteiger partial charge >= 0.3 is 0 Å². The fourth-order valence-electron chi connectivity index (χ4n) is 2.05. The molecule has 0 aliphatic heterocycles. The summed E-state index contributed by atoms with van der Waals surface area (Å²) >= 11 is 0. The van der Waals surface area contributed by atoms with Gasteiger partial charge in [-0.2, -0.15) is 0 Å². The Kier molecular flexibility index (Phi) is 7.45.